The molecule has 0 aliphatic rings. The SMILES string of the molecule is CC(C)c1cc2ccc(OCc3cnsc3)cc2[nH]1. The van der Waals surface area contributed by atoms with E-state index in [1.807, 2.05) is 17.6 Å². The Morgan fingerprint density at radius 2 is 2.21 bits per heavy atom. The maximum absolute atomic E-state index is 5.77. The molecule has 3 nitrogen and oxygen atoms in total. The number of fused-ring (bicyclic) bond motifs is 1. The van der Waals surface area contributed by atoms with Gasteiger partial charge in [-0.05, 0) is 41.0 Å². The summed E-state index contributed by atoms with van der Waals surface area (Å²) in [5.41, 5.74) is 3.50. The minimum absolute atomic E-state index is 0.508. The van der Waals surface area contributed by atoms with Crippen LogP contribution in [0.1, 0.15) is 31.0 Å². The molecule has 1 aromatic carbocycles. The number of ether oxygens (including phenoxy) is 1. The summed E-state index contributed by atoms with van der Waals surface area (Å²) in [4.78, 5) is 3.44. The highest BCUT2D eigenvalue weighted by molar-refractivity contribution is 7.03. The number of hydrogen-bond acceptors (Lipinski definition) is 3. The van der Waals surface area contributed by atoms with E-state index in [1.165, 1.54) is 22.6 Å². The maximum Gasteiger partial charge on any atom is 0.121 e. The molecule has 0 aliphatic heterocycles. The van der Waals surface area contributed by atoms with Crippen molar-refractivity contribution < 1.29 is 4.74 Å². The monoisotopic (exact) mass is 272 g/mol. The predicted octanol–water partition coefficient (Wildman–Crippen LogP) is 4.33. The minimum Gasteiger partial charge on any atom is -0.489 e. The first-order chi connectivity index (χ1) is 9.22. The molecule has 0 atom stereocenters. The average Bonchev–Trinajstić information content (AvgIpc) is 3.04. The highest BCUT2D eigenvalue weighted by Crippen LogP contribution is 2.25. The third-order valence-electron chi connectivity index (χ3n) is 3.13. The number of nitrogens with one attached hydrogen (secondary N) is 1. The Hall–Kier alpha value is -1.81. The van der Waals surface area contributed by atoms with Crippen LogP contribution in [0, 0.1) is 0 Å². The molecule has 0 spiro atoms. The summed E-state index contributed by atoms with van der Waals surface area (Å²) >= 11 is 1.45. The molecule has 0 saturated heterocycles. The van der Waals surface area contributed by atoms with Crippen LogP contribution in [0.5, 0.6) is 5.75 Å². The van der Waals surface area contributed by atoms with E-state index < -0.39 is 0 Å². The lowest BCUT2D eigenvalue weighted by Gasteiger charge is -2.04. The van der Waals surface area contributed by atoms with Crippen LogP contribution in [0.15, 0.2) is 35.8 Å². The van der Waals surface area contributed by atoms with Gasteiger partial charge in [-0.15, -0.1) is 0 Å². The average molecular weight is 272 g/mol. The molecule has 0 fully saturated rings. The molecule has 0 bridgehead atoms. The van der Waals surface area contributed by atoms with Crippen molar-refractivity contribution in [3.63, 3.8) is 0 Å². The van der Waals surface area contributed by atoms with E-state index in [1.54, 1.807) is 0 Å². The third-order valence-corrected chi connectivity index (χ3v) is 3.76. The Bertz CT molecular complexity index is 671. The molecule has 0 unspecified atom stereocenters. The van der Waals surface area contributed by atoms with Gasteiger partial charge in [0, 0.05) is 34.4 Å². The number of H-pyrrole nitrogens is 1. The summed E-state index contributed by atoms with van der Waals surface area (Å²) < 4.78 is 9.84. The molecule has 19 heavy (non-hydrogen) atoms. The highest BCUT2D eigenvalue weighted by atomic mass is 32.1. The van der Waals surface area contributed by atoms with E-state index in [0.717, 1.165) is 16.8 Å². The molecular formula is C15H16N2OS. The van der Waals surface area contributed by atoms with E-state index in [9.17, 15) is 0 Å². The van der Waals surface area contributed by atoms with Crippen LogP contribution in [0.3, 0.4) is 0 Å². The fourth-order valence-corrected chi connectivity index (χ4v) is 2.52. The summed E-state index contributed by atoms with van der Waals surface area (Å²) in [6.07, 6.45) is 1.84. The second-order valence-corrected chi connectivity index (χ2v) is 5.61. The summed E-state index contributed by atoms with van der Waals surface area (Å²) in [7, 11) is 0. The zero-order valence-electron chi connectivity index (χ0n) is 11.0. The number of benzene rings is 1. The first-order valence-corrected chi connectivity index (χ1v) is 7.20. The van der Waals surface area contributed by atoms with Gasteiger partial charge in [0.15, 0.2) is 0 Å². The highest BCUT2D eigenvalue weighted by Gasteiger charge is 2.05. The molecule has 0 amide bonds. The van der Waals surface area contributed by atoms with Gasteiger partial charge in [0.25, 0.3) is 0 Å². The Morgan fingerprint density at radius 3 is 2.95 bits per heavy atom. The number of nitrogens with zero attached hydrogens (tertiary/aromatic N) is 1. The zero-order chi connectivity index (χ0) is 13.2. The fourth-order valence-electron chi connectivity index (χ4n) is 1.99. The third kappa shape index (κ3) is 2.63. The summed E-state index contributed by atoms with van der Waals surface area (Å²) in [5, 5.41) is 3.23. The summed E-state index contributed by atoms with van der Waals surface area (Å²) in [6, 6.07) is 8.37. The van der Waals surface area contributed by atoms with E-state index in [4.69, 9.17) is 4.74 Å². The van der Waals surface area contributed by atoms with Crippen LogP contribution >= 0.6 is 11.5 Å². The standard InChI is InChI=1S/C15H16N2OS/c1-10(2)14-5-12-3-4-13(6-15(12)17-14)18-8-11-7-16-19-9-11/h3-7,9-10,17H,8H2,1-2H3. The van der Waals surface area contributed by atoms with Gasteiger partial charge < -0.3 is 9.72 Å². The molecule has 3 rings (SSSR count). The molecular weight excluding hydrogens is 256 g/mol. The maximum atomic E-state index is 5.77. The van der Waals surface area contributed by atoms with Gasteiger partial charge in [-0.25, -0.2) is 4.37 Å². The number of hydrogen-bond donors (Lipinski definition) is 1. The summed E-state index contributed by atoms with van der Waals surface area (Å²) in [6.45, 7) is 4.94. The molecule has 0 radical (unpaired) electrons. The van der Waals surface area contributed by atoms with Crippen molar-refractivity contribution in [3.8, 4) is 5.75 Å². The van der Waals surface area contributed by atoms with E-state index >= 15 is 0 Å². The van der Waals surface area contributed by atoms with Crippen molar-refractivity contribution in [2.24, 2.45) is 0 Å². The van der Waals surface area contributed by atoms with Crippen LogP contribution in [0.25, 0.3) is 10.9 Å². The first-order valence-electron chi connectivity index (χ1n) is 6.36. The topological polar surface area (TPSA) is 37.9 Å². The molecule has 98 valence electrons. The Morgan fingerprint density at radius 1 is 1.32 bits per heavy atom. The second kappa shape index (κ2) is 5.05. The van der Waals surface area contributed by atoms with Crippen LogP contribution < -0.4 is 4.74 Å². The van der Waals surface area contributed by atoms with E-state index in [0.29, 0.717) is 12.5 Å². The lowest BCUT2D eigenvalue weighted by atomic mass is 10.1. The normalized spacial score (nSPS) is 11.3. The molecule has 0 aliphatic carbocycles. The van der Waals surface area contributed by atoms with Crippen LogP contribution in [-0.4, -0.2) is 9.36 Å². The lowest BCUT2D eigenvalue weighted by Crippen LogP contribution is -1.93. The lowest BCUT2D eigenvalue weighted by molar-refractivity contribution is 0.307. The Balaban J connectivity index is 1.80. The second-order valence-electron chi connectivity index (χ2n) is 4.95. The van der Waals surface area contributed by atoms with Gasteiger partial charge >= 0.3 is 0 Å². The smallest absolute Gasteiger partial charge is 0.121 e. The minimum atomic E-state index is 0.508. The molecule has 3 aromatic rings. The Kier molecular flexibility index (Phi) is 3.25. The number of aromatic amines is 1. The summed E-state index contributed by atoms with van der Waals surface area (Å²) in [5.74, 6) is 1.39. The molecule has 4 heteroatoms. The van der Waals surface area contributed by atoms with Crippen LogP contribution in [0.4, 0.5) is 0 Å². The van der Waals surface area contributed by atoms with Crippen molar-refractivity contribution in [2.45, 2.75) is 26.4 Å². The van der Waals surface area contributed by atoms with Gasteiger partial charge in [-0.2, -0.15) is 0 Å². The van der Waals surface area contributed by atoms with Gasteiger partial charge in [-0.1, -0.05) is 13.8 Å². The number of rotatable bonds is 4. The quantitative estimate of drug-likeness (QED) is 0.767. The van der Waals surface area contributed by atoms with Crippen LogP contribution in [0.2, 0.25) is 0 Å². The van der Waals surface area contributed by atoms with Crippen molar-refractivity contribution in [1.82, 2.24) is 9.36 Å². The van der Waals surface area contributed by atoms with E-state index in [2.05, 4.69) is 41.4 Å². The van der Waals surface area contributed by atoms with Crippen molar-refractivity contribution in [1.29, 1.82) is 0 Å². The van der Waals surface area contributed by atoms with Crippen molar-refractivity contribution in [3.05, 3.63) is 47.1 Å². The van der Waals surface area contributed by atoms with Gasteiger partial charge in [0.05, 0.1) is 0 Å². The Labute approximate surface area is 116 Å². The number of aromatic nitrogens is 2. The predicted molar refractivity (Wildman–Crippen MR) is 78.8 cm³/mol. The fraction of sp³-hybridized carbons (Fsp3) is 0.267. The van der Waals surface area contributed by atoms with Gasteiger partial charge in [-0.3, -0.25) is 0 Å². The largest absolute Gasteiger partial charge is 0.489 e. The zero-order valence-corrected chi connectivity index (χ0v) is 11.8. The van der Waals surface area contributed by atoms with Gasteiger partial charge in [0.1, 0.15) is 12.4 Å². The van der Waals surface area contributed by atoms with E-state index in [-0.39, 0.29) is 0 Å². The molecule has 1 N–H and O–H groups in total. The van der Waals surface area contributed by atoms with Crippen LogP contribution in [-0.2, 0) is 6.61 Å². The van der Waals surface area contributed by atoms with Crippen molar-refractivity contribution in [2.75, 3.05) is 0 Å². The van der Waals surface area contributed by atoms with Gasteiger partial charge in [0.2, 0.25) is 0 Å². The molecule has 2 aromatic heterocycles. The molecule has 0 saturated carbocycles. The molecule has 2 heterocycles. The van der Waals surface area contributed by atoms with Crippen molar-refractivity contribution >= 4 is 22.4 Å². The first kappa shape index (κ1) is 12.2.